The van der Waals surface area contributed by atoms with Crippen molar-refractivity contribution in [1.29, 1.82) is 0 Å². The fraction of sp³-hybridized carbons (Fsp3) is 0.167. The highest BCUT2D eigenvalue weighted by Gasteiger charge is 2.33. The molecule has 0 aliphatic carbocycles. The number of rotatable bonds is 9. The summed E-state index contributed by atoms with van der Waals surface area (Å²) in [4.78, 5) is 9.99. The quantitative estimate of drug-likeness (QED) is 0.144. The van der Waals surface area contributed by atoms with E-state index in [4.69, 9.17) is 14.1 Å². The Bertz CT molecular complexity index is 4560. The van der Waals surface area contributed by atoms with E-state index in [-0.39, 0.29) is 16.2 Å². The Kier molecular flexibility index (Phi) is 12.5. The lowest BCUT2D eigenvalue weighted by atomic mass is 9.81. The summed E-state index contributed by atoms with van der Waals surface area (Å²) in [5.74, 6) is 2.30. The average Bonchev–Trinajstić information content (AvgIpc) is 3.71. The highest BCUT2D eigenvalue weighted by atomic mass is 16.5. The maximum absolute atomic E-state index is 7.02. The molecule has 0 fully saturated rings. The van der Waals surface area contributed by atoms with Crippen molar-refractivity contribution in [2.24, 2.45) is 0 Å². The van der Waals surface area contributed by atoms with Crippen LogP contribution in [0.5, 0.6) is 11.5 Å². The second-order valence-electron chi connectivity index (χ2n) is 25.7. The van der Waals surface area contributed by atoms with Crippen LogP contribution in [0.4, 0.5) is 22.7 Å². The average molecular weight is 1090 g/mol. The summed E-state index contributed by atoms with van der Waals surface area (Å²) in [7, 11) is 0. The Morgan fingerprint density at radius 2 is 0.964 bits per heavy atom. The number of furan rings is 1. The number of hydrogen-bond acceptors (Lipinski definition) is 5. The third kappa shape index (κ3) is 9.36. The Labute approximate surface area is 492 Å². The van der Waals surface area contributed by atoms with Crippen LogP contribution in [-0.4, -0.2) is 16.2 Å². The number of aromatic nitrogens is 2. The minimum absolute atomic E-state index is 0.0738. The Morgan fingerprint density at radius 3 is 1.61 bits per heavy atom. The molecular formula is C78H68N4O2. The molecule has 0 bridgehead atoms. The van der Waals surface area contributed by atoms with E-state index in [1.165, 1.54) is 61.2 Å². The van der Waals surface area contributed by atoms with E-state index in [9.17, 15) is 0 Å². The van der Waals surface area contributed by atoms with Crippen molar-refractivity contribution in [3.63, 3.8) is 0 Å². The molecule has 0 saturated carbocycles. The molecule has 0 amide bonds. The first-order valence-corrected chi connectivity index (χ1v) is 29.3. The largest absolute Gasteiger partial charge is 0.457 e. The molecule has 4 heterocycles. The molecular weight excluding hydrogens is 1020 g/mol. The van der Waals surface area contributed by atoms with Gasteiger partial charge in [0.25, 0.3) is 0 Å². The summed E-state index contributed by atoms with van der Waals surface area (Å²) in [6, 6.07) is 83.8. The van der Waals surface area contributed by atoms with Crippen LogP contribution in [0.15, 0.2) is 241 Å². The van der Waals surface area contributed by atoms with Crippen molar-refractivity contribution in [1.82, 2.24) is 9.55 Å². The molecule has 0 unspecified atom stereocenters. The van der Waals surface area contributed by atoms with Crippen LogP contribution >= 0.6 is 0 Å². The number of ether oxygens (including phenoxy) is 1. The van der Waals surface area contributed by atoms with Crippen molar-refractivity contribution in [2.75, 3.05) is 16.5 Å². The van der Waals surface area contributed by atoms with Gasteiger partial charge in [-0.3, -0.25) is 4.57 Å². The normalized spacial score (nSPS) is 13.0. The Morgan fingerprint density at radius 1 is 0.405 bits per heavy atom. The summed E-state index contributed by atoms with van der Waals surface area (Å²) in [5, 5.41) is 4.30. The lowest BCUT2D eigenvalue weighted by Gasteiger charge is -2.29. The zero-order chi connectivity index (χ0) is 57.6. The smallest absolute Gasteiger partial charge is 0.145 e. The second kappa shape index (κ2) is 20.1. The van der Waals surface area contributed by atoms with Crippen LogP contribution < -0.4 is 14.5 Å². The summed E-state index contributed by atoms with van der Waals surface area (Å²) in [6.45, 7) is 21.2. The maximum Gasteiger partial charge on any atom is 0.145 e. The number of fused-ring (bicyclic) bond motifs is 8. The van der Waals surface area contributed by atoms with Crippen LogP contribution in [0.3, 0.4) is 0 Å². The monoisotopic (exact) mass is 1090 g/mol. The van der Waals surface area contributed by atoms with Gasteiger partial charge < -0.3 is 19.0 Å². The Balaban J connectivity index is 0.903. The van der Waals surface area contributed by atoms with Crippen molar-refractivity contribution in [3.8, 4) is 61.8 Å². The molecule has 412 valence electrons. The molecule has 84 heavy (non-hydrogen) atoms. The molecule has 1 aliphatic rings. The van der Waals surface area contributed by atoms with Gasteiger partial charge in [-0.2, -0.15) is 0 Å². The van der Waals surface area contributed by atoms with E-state index in [1.54, 1.807) is 0 Å². The second-order valence-corrected chi connectivity index (χ2v) is 25.7. The van der Waals surface area contributed by atoms with Gasteiger partial charge in [0.15, 0.2) is 0 Å². The van der Waals surface area contributed by atoms with Crippen molar-refractivity contribution in [3.05, 3.63) is 253 Å². The van der Waals surface area contributed by atoms with Crippen molar-refractivity contribution >= 4 is 66.5 Å². The molecule has 14 rings (SSSR count). The van der Waals surface area contributed by atoms with Gasteiger partial charge in [0.1, 0.15) is 35.2 Å². The molecule has 3 aromatic heterocycles. The van der Waals surface area contributed by atoms with Crippen LogP contribution in [0.25, 0.3) is 94.1 Å². The molecule has 6 nitrogen and oxygen atoms in total. The van der Waals surface area contributed by atoms with Crippen molar-refractivity contribution < 1.29 is 9.15 Å². The summed E-state index contributed by atoms with van der Waals surface area (Å²) < 4.78 is 16.0. The van der Waals surface area contributed by atoms with E-state index in [0.29, 0.717) is 6.67 Å². The lowest BCUT2D eigenvalue weighted by Crippen LogP contribution is -2.25. The zero-order valence-electron chi connectivity index (χ0n) is 49.3. The number of benzene rings is 10. The summed E-state index contributed by atoms with van der Waals surface area (Å²) in [5.41, 5.74) is 21.1. The van der Waals surface area contributed by atoms with Gasteiger partial charge >= 0.3 is 0 Å². The van der Waals surface area contributed by atoms with Gasteiger partial charge in [-0.1, -0.05) is 202 Å². The van der Waals surface area contributed by atoms with Gasteiger partial charge in [0.2, 0.25) is 0 Å². The summed E-state index contributed by atoms with van der Waals surface area (Å²) >= 11 is 0. The molecule has 13 aromatic rings. The minimum Gasteiger partial charge on any atom is -0.457 e. The van der Waals surface area contributed by atoms with Crippen molar-refractivity contribution in [2.45, 2.75) is 78.6 Å². The van der Waals surface area contributed by atoms with Gasteiger partial charge in [-0.05, 0) is 145 Å². The standard InChI is InChI=1S/C78H68N4O2/c1-76(2,3)56-38-39-79-72(46-56)82-69-37-36-65-64-28-16-19-33-71(64)84-75(65)73(69)66-35-34-61(48-70(66)82)83-60-27-20-26-59(47-60)80-49-81(68-32-18-17-31-67(68)80)74-62(54-40-52(50-22-12-10-13-23-50)42-57(44-54)77(4,5)6)29-21-30-63(74)55-41-53(51-24-14-11-15-25-51)43-58(45-55)78(7,8)9/h10-48H,49H2,1-9H3. The van der Waals surface area contributed by atoms with E-state index in [1.807, 2.05) is 18.3 Å². The van der Waals surface area contributed by atoms with Crippen LogP contribution in [0, 0.1) is 0 Å². The van der Waals surface area contributed by atoms with Gasteiger partial charge in [0, 0.05) is 51.3 Å². The third-order valence-electron chi connectivity index (χ3n) is 16.9. The topological polar surface area (TPSA) is 46.7 Å². The minimum atomic E-state index is -0.102. The molecule has 10 aromatic carbocycles. The molecule has 0 radical (unpaired) electrons. The third-order valence-corrected chi connectivity index (χ3v) is 16.9. The molecule has 6 heteroatoms. The van der Waals surface area contributed by atoms with E-state index in [2.05, 4.69) is 295 Å². The molecule has 0 spiro atoms. The van der Waals surface area contributed by atoms with Crippen LogP contribution in [-0.2, 0) is 16.2 Å². The van der Waals surface area contributed by atoms with Gasteiger partial charge in [-0.15, -0.1) is 0 Å². The molecule has 0 atom stereocenters. The summed E-state index contributed by atoms with van der Waals surface area (Å²) in [6.07, 6.45) is 1.93. The first kappa shape index (κ1) is 52.4. The number of hydrogen-bond donors (Lipinski definition) is 0. The number of pyridine rings is 1. The van der Waals surface area contributed by atoms with Gasteiger partial charge in [-0.25, -0.2) is 4.98 Å². The Hall–Kier alpha value is -9.65. The van der Waals surface area contributed by atoms with Gasteiger partial charge in [0.05, 0.1) is 33.5 Å². The predicted molar refractivity (Wildman–Crippen MR) is 352 cm³/mol. The zero-order valence-corrected chi connectivity index (χ0v) is 49.3. The highest BCUT2D eigenvalue weighted by molar-refractivity contribution is 6.24. The van der Waals surface area contributed by atoms with E-state index >= 15 is 0 Å². The number of para-hydroxylation sites is 4. The predicted octanol–water partition coefficient (Wildman–Crippen LogP) is 21.7. The molecule has 0 N–H and O–H groups in total. The first-order chi connectivity index (χ1) is 40.5. The SMILES string of the molecule is CC(C)(C)c1cc(-c2ccccc2)cc(-c2cccc(-c3cc(-c4ccccc4)cc(C(C)(C)C)c3)c2N2CN(c3cccc(Oc4ccc5c6c7oc8ccccc8c7ccc6n(-c6cc(C(C)(C)C)ccn6)c5c4)c3)c3ccccc32)c1. The molecule has 0 saturated heterocycles. The van der Waals surface area contributed by atoms with E-state index in [0.717, 1.165) is 83.8 Å². The fourth-order valence-electron chi connectivity index (χ4n) is 12.4. The van der Waals surface area contributed by atoms with Crippen LogP contribution in [0.1, 0.15) is 79.0 Å². The van der Waals surface area contributed by atoms with E-state index < -0.39 is 0 Å². The molecule has 1 aliphatic heterocycles. The van der Waals surface area contributed by atoms with Crippen LogP contribution in [0.2, 0.25) is 0 Å². The number of nitrogens with zero attached hydrogens (tertiary/aromatic N) is 4. The lowest BCUT2D eigenvalue weighted by molar-refractivity contribution is 0.483. The maximum atomic E-state index is 7.02. The first-order valence-electron chi connectivity index (χ1n) is 29.3. The highest BCUT2D eigenvalue weighted by Crippen LogP contribution is 2.52. The number of anilines is 4. The fourth-order valence-corrected chi connectivity index (χ4v) is 12.4.